The largest absolute Gasteiger partial charge is 0.479 e. The Hall–Kier alpha value is -1.91. The standard InChI is InChI=1S/C20H23FO4/c21-16-3-1-2-4-17(16)24-12-19(23)25-11-18(22)20-8-13-5-14(9-20)7-15(6-13)10-20/h1-4,13-15H,5-12H2. The molecule has 0 aromatic heterocycles. The zero-order valence-electron chi connectivity index (χ0n) is 14.2. The highest BCUT2D eigenvalue weighted by Crippen LogP contribution is 2.60. The van der Waals surface area contributed by atoms with E-state index in [2.05, 4.69) is 0 Å². The van der Waals surface area contributed by atoms with Crippen LogP contribution in [0.15, 0.2) is 24.3 Å². The predicted octanol–water partition coefficient (Wildman–Crippen LogP) is 3.53. The molecule has 1 aromatic carbocycles. The Labute approximate surface area is 146 Å². The van der Waals surface area contributed by atoms with E-state index in [-0.39, 0.29) is 23.6 Å². The first-order valence-electron chi connectivity index (χ1n) is 9.10. The SMILES string of the molecule is O=C(COc1ccccc1F)OCC(=O)C12CC3CC(CC(C3)C1)C2. The lowest BCUT2D eigenvalue weighted by Gasteiger charge is -2.55. The zero-order chi connectivity index (χ0) is 17.4. The fourth-order valence-corrected chi connectivity index (χ4v) is 5.49. The van der Waals surface area contributed by atoms with Crippen LogP contribution in [0.1, 0.15) is 38.5 Å². The molecule has 0 radical (unpaired) electrons. The zero-order valence-corrected chi connectivity index (χ0v) is 14.2. The van der Waals surface area contributed by atoms with Gasteiger partial charge in [0.15, 0.2) is 30.6 Å². The molecule has 0 atom stereocenters. The lowest BCUT2D eigenvalue weighted by atomic mass is 9.48. The number of halogens is 1. The lowest BCUT2D eigenvalue weighted by molar-refractivity contribution is -0.158. The van der Waals surface area contributed by atoms with Gasteiger partial charge in [-0.3, -0.25) is 4.79 Å². The normalized spacial score (nSPS) is 32.4. The molecule has 134 valence electrons. The van der Waals surface area contributed by atoms with E-state index in [1.54, 1.807) is 12.1 Å². The van der Waals surface area contributed by atoms with Gasteiger partial charge in [-0.2, -0.15) is 0 Å². The Morgan fingerprint density at radius 3 is 2.20 bits per heavy atom. The van der Waals surface area contributed by atoms with Gasteiger partial charge in [-0.25, -0.2) is 9.18 Å². The molecule has 0 N–H and O–H groups in total. The van der Waals surface area contributed by atoms with Gasteiger partial charge in [-0.05, 0) is 68.4 Å². The topological polar surface area (TPSA) is 52.6 Å². The Balaban J connectivity index is 1.29. The Morgan fingerprint density at radius 2 is 1.60 bits per heavy atom. The van der Waals surface area contributed by atoms with Crippen molar-refractivity contribution >= 4 is 11.8 Å². The van der Waals surface area contributed by atoms with E-state index in [9.17, 15) is 14.0 Å². The first-order valence-corrected chi connectivity index (χ1v) is 9.10. The number of Topliss-reactive ketones (excluding diaryl/α,β-unsaturated/α-hetero) is 1. The molecular weight excluding hydrogens is 323 g/mol. The summed E-state index contributed by atoms with van der Waals surface area (Å²) in [5.41, 5.74) is -0.262. The van der Waals surface area contributed by atoms with Crippen LogP contribution in [0.4, 0.5) is 4.39 Å². The van der Waals surface area contributed by atoms with Crippen LogP contribution in [-0.2, 0) is 14.3 Å². The summed E-state index contributed by atoms with van der Waals surface area (Å²) in [6.07, 6.45) is 6.68. The molecular formula is C20H23FO4. The minimum atomic E-state index is -0.638. The summed E-state index contributed by atoms with van der Waals surface area (Å²) in [4.78, 5) is 24.6. The van der Waals surface area contributed by atoms with Crippen LogP contribution in [0, 0.1) is 29.0 Å². The van der Waals surface area contributed by atoms with Gasteiger partial charge >= 0.3 is 5.97 Å². The molecule has 0 unspecified atom stereocenters. The Morgan fingerprint density at radius 1 is 1.00 bits per heavy atom. The number of carbonyl (C=O) groups excluding carboxylic acids is 2. The highest BCUT2D eigenvalue weighted by Gasteiger charge is 2.54. The minimum absolute atomic E-state index is 0.00635. The molecule has 5 rings (SSSR count). The molecule has 1 aromatic rings. The number of carbonyl (C=O) groups is 2. The van der Waals surface area contributed by atoms with Gasteiger partial charge in [0.25, 0.3) is 0 Å². The smallest absolute Gasteiger partial charge is 0.344 e. The van der Waals surface area contributed by atoms with E-state index in [0.717, 1.165) is 19.3 Å². The van der Waals surface area contributed by atoms with Crippen molar-refractivity contribution in [2.45, 2.75) is 38.5 Å². The average Bonchev–Trinajstić information content (AvgIpc) is 2.57. The lowest BCUT2D eigenvalue weighted by Crippen LogP contribution is -2.51. The summed E-state index contributed by atoms with van der Waals surface area (Å²) in [5, 5.41) is 0. The highest BCUT2D eigenvalue weighted by molar-refractivity contribution is 5.88. The molecule has 0 heterocycles. The van der Waals surface area contributed by atoms with Gasteiger partial charge in [0.1, 0.15) is 0 Å². The Bertz CT molecular complexity index is 649. The molecule has 0 saturated heterocycles. The van der Waals surface area contributed by atoms with Crippen molar-refractivity contribution in [1.29, 1.82) is 0 Å². The monoisotopic (exact) mass is 346 g/mol. The fraction of sp³-hybridized carbons (Fsp3) is 0.600. The van der Waals surface area contributed by atoms with E-state index in [4.69, 9.17) is 9.47 Å². The summed E-state index contributed by atoms with van der Waals surface area (Å²) in [6.45, 7) is -0.583. The van der Waals surface area contributed by atoms with E-state index in [1.165, 1.54) is 31.4 Å². The van der Waals surface area contributed by atoms with E-state index in [0.29, 0.717) is 17.8 Å². The molecule has 0 aliphatic heterocycles. The molecule has 4 fully saturated rings. The van der Waals surface area contributed by atoms with Gasteiger partial charge in [-0.15, -0.1) is 0 Å². The minimum Gasteiger partial charge on any atom is -0.479 e. The number of para-hydroxylation sites is 1. The molecule has 4 aliphatic rings. The second-order valence-corrected chi connectivity index (χ2v) is 8.00. The average molecular weight is 346 g/mol. The molecule has 4 nitrogen and oxygen atoms in total. The van der Waals surface area contributed by atoms with Crippen LogP contribution in [0.2, 0.25) is 0 Å². The van der Waals surface area contributed by atoms with Gasteiger partial charge in [-0.1, -0.05) is 12.1 Å². The second-order valence-electron chi connectivity index (χ2n) is 8.00. The first-order chi connectivity index (χ1) is 12.0. The molecule has 25 heavy (non-hydrogen) atoms. The van der Waals surface area contributed by atoms with Crippen LogP contribution in [0.25, 0.3) is 0 Å². The number of benzene rings is 1. The summed E-state index contributed by atoms with van der Waals surface area (Å²) in [5.74, 6) is 0.930. The van der Waals surface area contributed by atoms with Crippen molar-refractivity contribution in [2.75, 3.05) is 13.2 Å². The molecule has 4 aliphatic carbocycles. The number of ketones is 1. The number of ether oxygens (including phenoxy) is 2. The Kier molecular flexibility index (Phi) is 4.26. The predicted molar refractivity (Wildman–Crippen MR) is 88.5 cm³/mol. The third kappa shape index (κ3) is 3.29. The van der Waals surface area contributed by atoms with Crippen molar-refractivity contribution < 1.29 is 23.5 Å². The third-order valence-electron chi connectivity index (χ3n) is 6.18. The van der Waals surface area contributed by atoms with Gasteiger partial charge < -0.3 is 9.47 Å². The van der Waals surface area contributed by atoms with Crippen LogP contribution in [-0.4, -0.2) is 25.0 Å². The fourth-order valence-electron chi connectivity index (χ4n) is 5.49. The van der Waals surface area contributed by atoms with Crippen LogP contribution < -0.4 is 4.74 Å². The number of rotatable bonds is 6. The van der Waals surface area contributed by atoms with E-state index >= 15 is 0 Å². The van der Waals surface area contributed by atoms with Crippen LogP contribution >= 0.6 is 0 Å². The van der Waals surface area contributed by atoms with Crippen molar-refractivity contribution in [1.82, 2.24) is 0 Å². The highest BCUT2D eigenvalue weighted by atomic mass is 19.1. The van der Waals surface area contributed by atoms with Gasteiger partial charge in [0, 0.05) is 5.41 Å². The maximum atomic E-state index is 13.4. The third-order valence-corrected chi connectivity index (χ3v) is 6.18. The second kappa shape index (κ2) is 6.43. The molecule has 0 amide bonds. The van der Waals surface area contributed by atoms with Crippen molar-refractivity contribution in [3.63, 3.8) is 0 Å². The van der Waals surface area contributed by atoms with Crippen molar-refractivity contribution in [2.24, 2.45) is 23.2 Å². The number of hydrogen-bond acceptors (Lipinski definition) is 4. The van der Waals surface area contributed by atoms with Gasteiger partial charge in [0.05, 0.1) is 0 Å². The summed E-state index contributed by atoms with van der Waals surface area (Å²) in [7, 11) is 0. The summed E-state index contributed by atoms with van der Waals surface area (Å²) < 4.78 is 23.7. The number of hydrogen-bond donors (Lipinski definition) is 0. The molecule has 5 heteroatoms. The van der Waals surface area contributed by atoms with Crippen molar-refractivity contribution in [3.05, 3.63) is 30.1 Å². The van der Waals surface area contributed by atoms with Crippen molar-refractivity contribution in [3.8, 4) is 5.75 Å². The summed E-state index contributed by atoms with van der Waals surface area (Å²) in [6, 6.07) is 5.88. The molecule has 4 bridgehead atoms. The van der Waals surface area contributed by atoms with Crippen LogP contribution in [0.5, 0.6) is 5.75 Å². The first kappa shape index (κ1) is 16.6. The molecule has 0 spiro atoms. The quantitative estimate of drug-likeness (QED) is 0.740. The number of esters is 1. The van der Waals surface area contributed by atoms with E-state index in [1.807, 2.05) is 0 Å². The van der Waals surface area contributed by atoms with Gasteiger partial charge in [0.2, 0.25) is 0 Å². The maximum absolute atomic E-state index is 13.4. The van der Waals surface area contributed by atoms with E-state index < -0.39 is 18.4 Å². The maximum Gasteiger partial charge on any atom is 0.344 e. The van der Waals surface area contributed by atoms with Crippen LogP contribution in [0.3, 0.4) is 0 Å². The summed E-state index contributed by atoms with van der Waals surface area (Å²) >= 11 is 0. The molecule has 4 saturated carbocycles.